The maximum absolute atomic E-state index is 12.4. The monoisotopic (exact) mass is 312 g/mol. The summed E-state index contributed by atoms with van der Waals surface area (Å²) in [6, 6.07) is 8.45. The minimum absolute atomic E-state index is 0.0126. The summed E-state index contributed by atoms with van der Waals surface area (Å²) in [6.45, 7) is 0. The number of pyridine rings is 1. The van der Waals surface area contributed by atoms with E-state index >= 15 is 0 Å². The average Bonchev–Trinajstić information content (AvgIpc) is 2.59. The van der Waals surface area contributed by atoms with Crippen molar-refractivity contribution in [2.24, 2.45) is 5.92 Å². The standard InChI is InChI=1S/C18H20N2O3/c21-17(14-10-13-8-4-5-9-15(13)19-11-14)20-16(18(22)23)12-6-2-1-3-7-12/h4-5,8-12,16H,1-3,6-7H2,(H,20,21)(H,22,23)/t16-/m0/s1. The number of benzene rings is 1. The highest BCUT2D eigenvalue weighted by molar-refractivity contribution is 5.99. The Balaban J connectivity index is 1.78. The summed E-state index contributed by atoms with van der Waals surface area (Å²) in [5, 5.41) is 13.0. The van der Waals surface area contributed by atoms with Crippen molar-refractivity contribution in [3.63, 3.8) is 0 Å². The number of nitrogens with one attached hydrogen (secondary N) is 1. The quantitative estimate of drug-likeness (QED) is 0.909. The minimum Gasteiger partial charge on any atom is -0.480 e. The molecule has 2 aromatic rings. The fourth-order valence-electron chi connectivity index (χ4n) is 3.27. The third kappa shape index (κ3) is 3.50. The number of aliphatic carboxylic acids is 1. The van der Waals surface area contributed by atoms with Gasteiger partial charge in [0.15, 0.2) is 0 Å². The van der Waals surface area contributed by atoms with Crippen LogP contribution in [0, 0.1) is 5.92 Å². The van der Waals surface area contributed by atoms with Gasteiger partial charge in [0.25, 0.3) is 5.91 Å². The summed E-state index contributed by atoms with van der Waals surface area (Å²) >= 11 is 0. The topological polar surface area (TPSA) is 79.3 Å². The summed E-state index contributed by atoms with van der Waals surface area (Å²) in [7, 11) is 0. The van der Waals surface area contributed by atoms with Crippen LogP contribution in [0.2, 0.25) is 0 Å². The molecule has 3 rings (SSSR count). The summed E-state index contributed by atoms with van der Waals surface area (Å²) < 4.78 is 0. The van der Waals surface area contributed by atoms with Gasteiger partial charge in [-0.25, -0.2) is 4.79 Å². The van der Waals surface area contributed by atoms with Crippen molar-refractivity contribution in [2.45, 2.75) is 38.1 Å². The second-order valence-corrected chi connectivity index (χ2v) is 6.10. The van der Waals surface area contributed by atoms with Crippen LogP contribution in [0.4, 0.5) is 0 Å². The largest absolute Gasteiger partial charge is 0.480 e. The summed E-state index contributed by atoms with van der Waals surface area (Å²) in [4.78, 5) is 28.2. The van der Waals surface area contributed by atoms with Gasteiger partial charge in [-0.05, 0) is 30.9 Å². The molecule has 1 aliphatic rings. The van der Waals surface area contributed by atoms with Gasteiger partial charge in [0.2, 0.25) is 0 Å². The average molecular weight is 312 g/mol. The highest BCUT2D eigenvalue weighted by Crippen LogP contribution is 2.27. The maximum Gasteiger partial charge on any atom is 0.326 e. The van der Waals surface area contributed by atoms with Gasteiger partial charge in [-0.3, -0.25) is 9.78 Å². The van der Waals surface area contributed by atoms with E-state index in [4.69, 9.17) is 0 Å². The van der Waals surface area contributed by atoms with Crippen LogP contribution in [0.15, 0.2) is 36.5 Å². The van der Waals surface area contributed by atoms with Gasteiger partial charge < -0.3 is 10.4 Å². The van der Waals surface area contributed by atoms with E-state index in [0.29, 0.717) is 5.56 Å². The van der Waals surface area contributed by atoms with E-state index < -0.39 is 12.0 Å². The molecule has 5 heteroatoms. The Morgan fingerprint density at radius 3 is 2.65 bits per heavy atom. The molecule has 5 nitrogen and oxygen atoms in total. The lowest BCUT2D eigenvalue weighted by atomic mass is 9.84. The molecule has 120 valence electrons. The Morgan fingerprint density at radius 1 is 1.17 bits per heavy atom. The Morgan fingerprint density at radius 2 is 1.91 bits per heavy atom. The molecule has 1 aromatic heterocycles. The van der Waals surface area contributed by atoms with E-state index in [2.05, 4.69) is 10.3 Å². The molecule has 1 heterocycles. The fourth-order valence-corrected chi connectivity index (χ4v) is 3.27. The first-order valence-electron chi connectivity index (χ1n) is 8.03. The van der Waals surface area contributed by atoms with E-state index in [0.717, 1.165) is 43.0 Å². The van der Waals surface area contributed by atoms with Crippen molar-refractivity contribution in [2.75, 3.05) is 0 Å². The van der Waals surface area contributed by atoms with Crippen LogP contribution in [0.5, 0.6) is 0 Å². The van der Waals surface area contributed by atoms with E-state index in [1.54, 1.807) is 6.07 Å². The van der Waals surface area contributed by atoms with Gasteiger partial charge in [-0.1, -0.05) is 37.5 Å². The van der Waals surface area contributed by atoms with E-state index in [9.17, 15) is 14.7 Å². The number of carboxylic acids is 1. The Hall–Kier alpha value is -2.43. The van der Waals surface area contributed by atoms with E-state index in [-0.39, 0.29) is 11.8 Å². The molecule has 0 radical (unpaired) electrons. The lowest BCUT2D eigenvalue weighted by Gasteiger charge is -2.28. The molecule has 1 aromatic carbocycles. The molecule has 1 saturated carbocycles. The molecule has 0 bridgehead atoms. The van der Waals surface area contributed by atoms with Crippen molar-refractivity contribution < 1.29 is 14.7 Å². The predicted molar refractivity (Wildman–Crippen MR) is 87.2 cm³/mol. The van der Waals surface area contributed by atoms with Gasteiger partial charge in [0.1, 0.15) is 6.04 Å². The Kier molecular flexibility index (Phi) is 4.55. The molecule has 1 aliphatic carbocycles. The molecule has 23 heavy (non-hydrogen) atoms. The second kappa shape index (κ2) is 6.77. The zero-order valence-electron chi connectivity index (χ0n) is 12.9. The molecule has 0 saturated heterocycles. The molecule has 1 amide bonds. The molecule has 0 spiro atoms. The number of aromatic nitrogens is 1. The lowest BCUT2D eigenvalue weighted by molar-refractivity contribution is -0.141. The van der Waals surface area contributed by atoms with Crippen molar-refractivity contribution in [3.05, 3.63) is 42.1 Å². The van der Waals surface area contributed by atoms with Crippen LogP contribution in [0.1, 0.15) is 42.5 Å². The van der Waals surface area contributed by atoms with Crippen molar-refractivity contribution in [3.8, 4) is 0 Å². The van der Waals surface area contributed by atoms with Crippen LogP contribution < -0.4 is 5.32 Å². The third-order valence-corrected chi connectivity index (χ3v) is 4.53. The van der Waals surface area contributed by atoms with Crippen LogP contribution in [-0.4, -0.2) is 28.0 Å². The Bertz CT molecular complexity index is 723. The summed E-state index contributed by atoms with van der Waals surface area (Å²) in [5.74, 6) is -1.32. The van der Waals surface area contributed by atoms with Crippen LogP contribution in [0.25, 0.3) is 10.9 Å². The SMILES string of the molecule is O=C(N[C@H](C(=O)O)C1CCCCC1)c1cnc2ccccc2c1. The summed E-state index contributed by atoms with van der Waals surface area (Å²) in [6.07, 6.45) is 6.41. The number of para-hydroxylation sites is 1. The number of carbonyl (C=O) groups is 2. The van der Waals surface area contributed by atoms with Gasteiger partial charge in [-0.2, -0.15) is 0 Å². The zero-order chi connectivity index (χ0) is 16.2. The van der Waals surface area contributed by atoms with Crippen LogP contribution in [0.3, 0.4) is 0 Å². The van der Waals surface area contributed by atoms with Crippen LogP contribution >= 0.6 is 0 Å². The maximum atomic E-state index is 12.4. The molecule has 2 N–H and O–H groups in total. The van der Waals surface area contributed by atoms with Gasteiger partial charge in [0, 0.05) is 11.6 Å². The number of hydrogen-bond acceptors (Lipinski definition) is 3. The number of hydrogen-bond donors (Lipinski definition) is 2. The highest BCUT2D eigenvalue weighted by Gasteiger charge is 2.31. The van der Waals surface area contributed by atoms with E-state index in [1.807, 2.05) is 24.3 Å². The minimum atomic E-state index is -0.959. The second-order valence-electron chi connectivity index (χ2n) is 6.10. The fraction of sp³-hybridized carbons (Fsp3) is 0.389. The van der Waals surface area contributed by atoms with Crippen molar-refractivity contribution in [1.29, 1.82) is 0 Å². The Labute approximate surface area is 134 Å². The first-order chi connectivity index (χ1) is 11.1. The van der Waals surface area contributed by atoms with Crippen molar-refractivity contribution in [1.82, 2.24) is 10.3 Å². The molecular weight excluding hydrogens is 292 g/mol. The van der Waals surface area contributed by atoms with Gasteiger partial charge in [0.05, 0.1) is 11.1 Å². The molecule has 1 atom stereocenters. The van der Waals surface area contributed by atoms with Gasteiger partial charge in [-0.15, -0.1) is 0 Å². The number of amides is 1. The molecule has 0 unspecified atom stereocenters. The molecule has 0 aliphatic heterocycles. The number of nitrogens with zero attached hydrogens (tertiary/aromatic N) is 1. The van der Waals surface area contributed by atoms with Gasteiger partial charge >= 0.3 is 5.97 Å². The molecule has 1 fully saturated rings. The molecular formula is C18H20N2O3. The highest BCUT2D eigenvalue weighted by atomic mass is 16.4. The van der Waals surface area contributed by atoms with Crippen molar-refractivity contribution >= 4 is 22.8 Å². The number of fused-ring (bicyclic) bond motifs is 1. The van der Waals surface area contributed by atoms with Crippen LogP contribution in [-0.2, 0) is 4.79 Å². The number of carbonyl (C=O) groups excluding carboxylic acids is 1. The lowest BCUT2D eigenvalue weighted by Crippen LogP contribution is -2.46. The third-order valence-electron chi connectivity index (χ3n) is 4.53. The summed E-state index contributed by atoms with van der Waals surface area (Å²) in [5.41, 5.74) is 1.21. The number of rotatable bonds is 4. The zero-order valence-corrected chi connectivity index (χ0v) is 12.9. The smallest absolute Gasteiger partial charge is 0.326 e. The normalized spacial score (nSPS) is 16.9. The number of carboxylic acid groups (broad SMARTS) is 1. The first kappa shape index (κ1) is 15.5. The predicted octanol–water partition coefficient (Wildman–Crippen LogP) is 3.00. The first-order valence-corrected chi connectivity index (χ1v) is 8.03. The van der Waals surface area contributed by atoms with E-state index in [1.165, 1.54) is 6.20 Å².